The second-order valence-corrected chi connectivity index (χ2v) is 5.61. The molecule has 0 aliphatic heterocycles. The summed E-state index contributed by atoms with van der Waals surface area (Å²) in [6, 6.07) is 6.29. The van der Waals surface area contributed by atoms with Crippen molar-refractivity contribution in [2.75, 3.05) is 0 Å². The molecule has 0 saturated carbocycles. The minimum Gasteiger partial charge on any atom is -0.477 e. The molecular weight excluding hydrogens is 340 g/mol. The molecule has 7 heteroatoms. The Balaban J connectivity index is 2.18. The van der Waals surface area contributed by atoms with E-state index in [-0.39, 0.29) is 22.4 Å². The standard InChI is InChI=1S/C17H10ClF2NO3/c18-12-6-15-10(16(22)11(7-21-15)17(23)24)5-8(12)4-9-13(19)2-1-3-14(9)20/h1-3,5-7H,4H2,(H,21,22)(H,23,24). The van der Waals surface area contributed by atoms with Crippen LogP contribution in [0.5, 0.6) is 0 Å². The third-order valence-corrected chi connectivity index (χ3v) is 4.06. The van der Waals surface area contributed by atoms with Crippen LogP contribution < -0.4 is 5.43 Å². The lowest BCUT2D eigenvalue weighted by molar-refractivity contribution is 0.0695. The SMILES string of the molecule is O=C(O)c1c[nH]c2cc(Cl)c(Cc3c(F)cccc3F)cc2c1=O. The number of aromatic nitrogens is 1. The molecule has 0 fully saturated rings. The van der Waals surface area contributed by atoms with Gasteiger partial charge in [-0.3, -0.25) is 4.79 Å². The number of nitrogens with one attached hydrogen (secondary N) is 1. The van der Waals surface area contributed by atoms with Gasteiger partial charge in [0.05, 0.1) is 5.52 Å². The van der Waals surface area contributed by atoms with E-state index in [1.54, 1.807) is 0 Å². The highest BCUT2D eigenvalue weighted by Crippen LogP contribution is 2.26. The zero-order valence-electron chi connectivity index (χ0n) is 12.1. The molecule has 24 heavy (non-hydrogen) atoms. The van der Waals surface area contributed by atoms with Crippen LogP contribution in [-0.4, -0.2) is 16.1 Å². The molecule has 0 radical (unpaired) electrons. The smallest absolute Gasteiger partial charge is 0.341 e. The van der Waals surface area contributed by atoms with Gasteiger partial charge in [-0.15, -0.1) is 0 Å². The van der Waals surface area contributed by atoms with E-state index in [0.717, 1.165) is 18.3 Å². The van der Waals surface area contributed by atoms with Gasteiger partial charge in [0.2, 0.25) is 5.43 Å². The Morgan fingerprint density at radius 2 is 1.88 bits per heavy atom. The first kappa shape index (κ1) is 16.1. The summed E-state index contributed by atoms with van der Waals surface area (Å²) in [7, 11) is 0. The summed E-state index contributed by atoms with van der Waals surface area (Å²) in [5.74, 6) is -2.81. The first-order chi connectivity index (χ1) is 11.4. The van der Waals surface area contributed by atoms with Gasteiger partial charge >= 0.3 is 5.97 Å². The molecule has 0 atom stereocenters. The maximum Gasteiger partial charge on any atom is 0.341 e. The van der Waals surface area contributed by atoms with Crippen LogP contribution in [0.25, 0.3) is 10.9 Å². The molecule has 1 heterocycles. The number of hydrogen-bond donors (Lipinski definition) is 2. The predicted octanol–water partition coefficient (Wildman–Crippen LogP) is 3.75. The van der Waals surface area contributed by atoms with Crippen molar-refractivity contribution < 1.29 is 18.7 Å². The van der Waals surface area contributed by atoms with Gasteiger partial charge in [0, 0.05) is 28.6 Å². The molecule has 0 unspecified atom stereocenters. The van der Waals surface area contributed by atoms with E-state index in [4.69, 9.17) is 16.7 Å². The Labute approximate surface area is 139 Å². The molecule has 2 aromatic carbocycles. The lowest BCUT2D eigenvalue weighted by Crippen LogP contribution is -2.15. The number of aromatic carboxylic acids is 1. The summed E-state index contributed by atoms with van der Waals surface area (Å²) >= 11 is 6.13. The highest BCUT2D eigenvalue weighted by molar-refractivity contribution is 6.32. The zero-order valence-corrected chi connectivity index (χ0v) is 12.8. The summed E-state index contributed by atoms with van der Waals surface area (Å²) in [5.41, 5.74) is -0.630. The molecule has 0 bridgehead atoms. The Bertz CT molecular complexity index is 1010. The molecule has 0 aliphatic rings. The zero-order chi connectivity index (χ0) is 17.4. The summed E-state index contributed by atoms with van der Waals surface area (Å²) < 4.78 is 27.6. The number of halogens is 3. The number of benzene rings is 2. The van der Waals surface area contributed by atoms with Gasteiger partial charge in [-0.1, -0.05) is 17.7 Å². The number of hydrogen-bond acceptors (Lipinski definition) is 2. The van der Waals surface area contributed by atoms with E-state index in [0.29, 0.717) is 11.1 Å². The van der Waals surface area contributed by atoms with Gasteiger partial charge in [0.25, 0.3) is 0 Å². The van der Waals surface area contributed by atoms with Crippen molar-refractivity contribution in [1.82, 2.24) is 4.98 Å². The molecule has 0 amide bonds. The van der Waals surface area contributed by atoms with E-state index in [1.165, 1.54) is 18.2 Å². The summed E-state index contributed by atoms with van der Waals surface area (Å²) in [5, 5.41) is 9.31. The molecule has 0 saturated heterocycles. The van der Waals surface area contributed by atoms with Gasteiger partial charge in [0.15, 0.2) is 0 Å². The minimum atomic E-state index is -1.37. The van der Waals surface area contributed by atoms with E-state index < -0.39 is 28.6 Å². The third-order valence-electron chi connectivity index (χ3n) is 3.71. The van der Waals surface area contributed by atoms with Crippen molar-refractivity contribution >= 4 is 28.5 Å². The number of fused-ring (bicyclic) bond motifs is 1. The topological polar surface area (TPSA) is 70.2 Å². The van der Waals surface area contributed by atoms with E-state index in [9.17, 15) is 18.4 Å². The maximum atomic E-state index is 13.8. The monoisotopic (exact) mass is 349 g/mol. The second kappa shape index (κ2) is 6.05. The number of aromatic amines is 1. The van der Waals surface area contributed by atoms with Crippen molar-refractivity contribution in [2.24, 2.45) is 0 Å². The molecule has 0 spiro atoms. The van der Waals surface area contributed by atoms with E-state index in [1.807, 2.05) is 0 Å². The lowest BCUT2D eigenvalue weighted by Gasteiger charge is -2.09. The first-order valence-corrected chi connectivity index (χ1v) is 7.26. The van der Waals surface area contributed by atoms with Crippen LogP contribution in [0.4, 0.5) is 8.78 Å². The van der Waals surface area contributed by atoms with Gasteiger partial charge in [-0.2, -0.15) is 0 Å². The fourth-order valence-corrected chi connectivity index (χ4v) is 2.70. The number of carbonyl (C=O) groups is 1. The molecule has 1 aromatic heterocycles. The van der Waals surface area contributed by atoms with Crippen LogP contribution >= 0.6 is 11.6 Å². The van der Waals surface area contributed by atoms with Crippen molar-refractivity contribution in [3.8, 4) is 0 Å². The first-order valence-electron chi connectivity index (χ1n) is 6.88. The Hall–Kier alpha value is -2.73. The largest absolute Gasteiger partial charge is 0.477 e. The highest BCUT2D eigenvalue weighted by Gasteiger charge is 2.16. The van der Waals surface area contributed by atoms with Crippen molar-refractivity contribution in [3.05, 3.63) is 80.1 Å². The quantitative estimate of drug-likeness (QED) is 0.756. The number of H-pyrrole nitrogens is 1. The van der Waals surface area contributed by atoms with Crippen molar-refractivity contribution in [3.63, 3.8) is 0 Å². The number of carboxylic acids is 1. The molecule has 4 nitrogen and oxygen atoms in total. The van der Waals surface area contributed by atoms with Gasteiger partial charge in [-0.25, -0.2) is 13.6 Å². The molecule has 0 aliphatic carbocycles. The normalized spacial score (nSPS) is 11.0. The van der Waals surface area contributed by atoms with Crippen molar-refractivity contribution in [1.29, 1.82) is 0 Å². The average molecular weight is 350 g/mol. The highest BCUT2D eigenvalue weighted by atomic mass is 35.5. The molecular formula is C17H10ClF2NO3. The third kappa shape index (κ3) is 2.76. The minimum absolute atomic E-state index is 0.0889. The van der Waals surface area contributed by atoms with E-state index >= 15 is 0 Å². The fraction of sp³-hybridized carbons (Fsp3) is 0.0588. The Kier molecular flexibility index (Phi) is 4.07. The maximum absolute atomic E-state index is 13.8. The van der Waals surface area contributed by atoms with Gasteiger partial charge in [0.1, 0.15) is 17.2 Å². The Morgan fingerprint density at radius 3 is 2.50 bits per heavy atom. The molecule has 3 rings (SSSR count). The number of pyridine rings is 1. The lowest BCUT2D eigenvalue weighted by atomic mass is 10.0. The summed E-state index contributed by atoms with van der Waals surface area (Å²) in [6.45, 7) is 0. The summed E-state index contributed by atoms with van der Waals surface area (Å²) in [6.07, 6.45) is 0.920. The number of rotatable bonds is 3. The van der Waals surface area contributed by atoms with Crippen molar-refractivity contribution in [2.45, 2.75) is 6.42 Å². The molecule has 3 aromatic rings. The van der Waals surface area contributed by atoms with Crippen LogP contribution in [0.15, 0.2) is 41.3 Å². The predicted molar refractivity (Wildman–Crippen MR) is 85.7 cm³/mol. The summed E-state index contributed by atoms with van der Waals surface area (Å²) in [4.78, 5) is 26.0. The fourth-order valence-electron chi connectivity index (χ4n) is 2.47. The van der Waals surface area contributed by atoms with E-state index in [2.05, 4.69) is 4.98 Å². The van der Waals surface area contributed by atoms with Crippen LogP contribution in [0.1, 0.15) is 21.5 Å². The van der Waals surface area contributed by atoms with Crippen LogP contribution in [0, 0.1) is 11.6 Å². The Morgan fingerprint density at radius 1 is 1.21 bits per heavy atom. The van der Waals surface area contributed by atoms with Gasteiger partial charge in [-0.05, 0) is 29.8 Å². The van der Waals surface area contributed by atoms with Crippen LogP contribution in [-0.2, 0) is 6.42 Å². The van der Waals surface area contributed by atoms with Crippen LogP contribution in [0.3, 0.4) is 0 Å². The van der Waals surface area contributed by atoms with Crippen LogP contribution in [0.2, 0.25) is 5.02 Å². The average Bonchev–Trinajstić information content (AvgIpc) is 2.52. The molecule has 122 valence electrons. The second-order valence-electron chi connectivity index (χ2n) is 5.20. The number of carboxylic acid groups (broad SMARTS) is 1. The molecule has 2 N–H and O–H groups in total. The van der Waals surface area contributed by atoms with Gasteiger partial charge < -0.3 is 10.1 Å².